The number of hydrogen-bond acceptors (Lipinski definition) is 7. The second-order valence-corrected chi connectivity index (χ2v) is 8.00. The van der Waals surface area contributed by atoms with E-state index in [1.807, 2.05) is 6.92 Å². The van der Waals surface area contributed by atoms with Crippen LogP contribution in [0, 0.1) is 0 Å². The van der Waals surface area contributed by atoms with Crippen molar-refractivity contribution in [3.05, 3.63) is 12.3 Å². The van der Waals surface area contributed by atoms with Gasteiger partial charge in [-0.25, -0.2) is 4.79 Å². The molecule has 0 radical (unpaired) electrons. The number of rotatable bonds is 3. The van der Waals surface area contributed by atoms with Gasteiger partial charge in [-0.05, 0) is 53.9 Å². The molecule has 0 aromatic carbocycles. The van der Waals surface area contributed by atoms with E-state index in [2.05, 4.69) is 10.2 Å². The van der Waals surface area contributed by atoms with Crippen LogP contribution in [0.15, 0.2) is 10.8 Å². The van der Waals surface area contributed by atoms with Gasteiger partial charge in [0.05, 0.1) is 6.10 Å². The summed E-state index contributed by atoms with van der Waals surface area (Å²) < 4.78 is 10.7. The van der Waals surface area contributed by atoms with Gasteiger partial charge in [0.15, 0.2) is 0 Å². The maximum Gasteiger partial charge on any atom is 0.410 e. The van der Waals surface area contributed by atoms with E-state index >= 15 is 0 Å². The highest BCUT2D eigenvalue weighted by molar-refractivity contribution is 5.83. The van der Waals surface area contributed by atoms with Crippen molar-refractivity contribution >= 4 is 12.0 Å². The third-order valence-electron chi connectivity index (χ3n) is 4.48. The Morgan fingerprint density at radius 2 is 2.11 bits per heavy atom. The van der Waals surface area contributed by atoms with E-state index in [1.165, 1.54) is 16.2 Å². The summed E-state index contributed by atoms with van der Waals surface area (Å²) in [6.07, 6.45) is 2.09. The summed E-state index contributed by atoms with van der Waals surface area (Å²) in [4.78, 5) is 28.7. The average Bonchev–Trinajstić information content (AvgIpc) is 3.07. The van der Waals surface area contributed by atoms with Gasteiger partial charge in [0.1, 0.15) is 18.2 Å². The second kappa shape index (κ2) is 8.69. The highest BCUT2D eigenvalue weighted by atomic mass is 16.6. The predicted molar refractivity (Wildman–Crippen MR) is 96.7 cm³/mol. The molecule has 3 atom stereocenters. The van der Waals surface area contributed by atoms with Gasteiger partial charge in [-0.2, -0.15) is 0 Å². The highest BCUT2D eigenvalue weighted by Crippen LogP contribution is 2.26. The number of carbonyl (C=O) groups is 2. The molecule has 0 saturated carbocycles. The van der Waals surface area contributed by atoms with Crippen LogP contribution in [0.25, 0.3) is 0 Å². The molecule has 1 saturated heterocycles. The summed E-state index contributed by atoms with van der Waals surface area (Å²) in [5, 5.41) is 17.8. The number of aliphatic hydroxyl groups excluding tert-OH is 1. The zero-order valence-corrected chi connectivity index (χ0v) is 16.7. The molecule has 2 rings (SSSR count). The van der Waals surface area contributed by atoms with Crippen LogP contribution in [0.5, 0.6) is 0 Å². The molecule has 27 heavy (non-hydrogen) atoms. The van der Waals surface area contributed by atoms with Crippen LogP contribution < -0.4 is 0 Å². The fourth-order valence-electron chi connectivity index (χ4n) is 3.16. The zero-order valence-electron chi connectivity index (χ0n) is 16.7. The molecule has 1 aliphatic heterocycles. The minimum Gasteiger partial charge on any atom is -0.444 e. The average molecular weight is 382 g/mol. The van der Waals surface area contributed by atoms with Gasteiger partial charge in [-0.3, -0.25) is 9.69 Å². The lowest BCUT2D eigenvalue weighted by atomic mass is 10.1. The third-order valence-corrected chi connectivity index (χ3v) is 4.48. The van der Waals surface area contributed by atoms with Crippen LogP contribution >= 0.6 is 0 Å². The van der Waals surface area contributed by atoms with Gasteiger partial charge in [0.25, 0.3) is 0 Å². The van der Waals surface area contributed by atoms with Crippen molar-refractivity contribution in [1.82, 2.24) is 20.0 Å². The standard InChI is InChI=1S/C18H30N4O5/c1-12-8-6-7-9-21(15(13(2)23)16-20-19-11-26-16)14(24)10-22(12)17(25)27-18(3,4)5/h11-13,15,23H,6-10H2,1-5H3. The van der Waals surface area contributed by atoms with Crippen molar-refractivity contribution < 1.29 is 23.8 Å². The first kappa shape index (κ1) is 21.1. The molecule has 9 nitrogen and oxygen atoms in total. The maximum absolute atomic E-state index is 13.1. The lowest BCUT2D eigenvalue weighted by molar-refractivity contribution is -0.138. The van der Waals surface area contributed by atoms with Crippen LogP contribution in [0.2, 0.25) is 0 Å². The van der Waals surface area contributed by atoms with Crippen molar-refractivity contribution in [2.45, 2.75) is 77.7 Å². The fraction of sp³-hybridized carbons (Fsp3) is 0.778. The lowest BCUT2D eigenvalue weighted by Crippen LogP contribution is -2.49. The molecule has 1 aromatic heterocycles. The Balaban J connectivity index is 2.26. The van der Waals surface area contributed by atoms with Crippen LogP contribution in [0.1, 0.15) is 65.8 Å². The third kappa shape index (κ3) is 5.66. The summed E-state index contributed by atoms with van der Waals surface area (Å²) in [5.74, 6) is -0.117. The first-order valence-electron chi connectivity index (χ1n) is 9.33. The lowest BCUT2D eigenvalue weighted by Gasteiger charge is -2.34. The van der Waals surface area contributed by atoms with Crippen molar-refractivity contribution in [2.24, 2.45) is 0 Å². The highest BCUT2D eigenvalue weighted by Gasteiger charge is 2.36. The minimum atomic E-state index is -0.900. The molecule has 152 valence electrons. The smallest absolute Gasteiger partial charge is 0.410 e. The van der Waals surface area contributed by atoms with E-state index < -0.39 is 23.8 Å². The van der Waals surface area contributed by atoms with E-state index in [0.717, 1.165) is 19.3 Å². The Labute approximate surface area is 159 Å². The van der Waals surface area contributed by atoms with Gasteiger partial charge in [-0.15, -0.1) is 10.2 Å². The topological polar surface area (TPSA) is 109 Å². The Kier molecular flexibility index (Phi) is 6.80. The van der Waals surface area contributed by atoms with Gasteiger partial charge in [0, 0.05) is 12.6 Å². The molecule has 3 unspecified atom stereocenters. The van der Waals surface area contributed by atoms with Gasteiger partial charge in [0.2, 0.25) is 18.2 Å². The van der Waals surface area contributed by atoms with Gasteiger partial charge in [-0.1, -0.05) is 0 Å². The molecule has 0 spiro atoms. The quantitative estimate of drug-likeness (QED) is 0.853. The molecular weight excluding hydrogens is 352 g/mol. The number of ether oxygens (including phenoxy) is 1. The number of aliphatic hydroxyl groups is 1. The van der Waals surface area contributed by atoms with E-state index in [9.17, 15) is 14.7 Å². The van der Waals surface area contributed by atoms with E-state index in [-0.39, 0.29) is 24.4 Å². The summed E-state index contributed by atoms with van der Waals surface area (Å²) in [5.41, 5.74) is -0.649. The number of carbonyl (C=O) groups excluding carboxylic acids is 2. The van der Waals surface area contributed by atoms with Crippen LogP contribution in [-0.2, 0) is 9.53 Å². The van der Waals surface area contributed by atoms with Crippen molar-refractivity contribution in [2.75, 3.05) is 13.1 Å². The monoisotopic (exact) mass is 382 g/mol. The fourth-order valence-corrected chi connectivity index (χ4v) is 3.16. The maximum atomic E-state index is 13.1. The molecule has 1 aromatic rings. The van der Waals surface area contributed by atoms with Crippen LogP contribution in [0.4, 0.5) is 4.79 Å². The van der Waals surface area contributed by atoms with Crippen molar-refractivity contribution in [3.8, 4) is 0 Å². The van der Waals surface area contributed by atoms with Crippen LogP contribution in [0.3, 0.4) is 0 Å². The van der Waals surface area contributed by atoms with Crippen molar-refractivity contribution in [1.29, 1.82) is 0 Å². The Bertz CT molecular complexity index is 626. The van der Waals surface area contributed by atoms with E-state index in [1.54, 1.807) is 27.7 Å². The zero-order chi connectivity index (χ0) is 20.2. The molecule has 2 heterocycles. The Morgan fingerprint density at radius 3 is 2.67 bits per heavy atom. The Morgan fingerprint density at radius 1 is 1.41 bits per heavy atom. The van der Waals surface area contributed by atoms with Gasteiger partial charge >= 0.3 is 6.09 Å². The SMILES string of the molecule is CC(O)C(c1nnco1)N1CCCCC(C)N(C(=O)OC(C)(C)C)CC1=O. The minimum absolute atomic E-state index is 0.128. The molecular formula is C18H30N4O5. The first-order chi connectivity index (χ1) is 12.6. The molecule has 1 N–H and O–H groups in total. The molecule has 9 heteroatoms. The number of hydrogen-bond donors (Lipinski definition) is 1. The summed E-state index contributed by atoms with van der Waals surface area (Å²) >= 11 is 0. The molecule has 0 bridgehead atoms. The number of nitrogens with zero attached hydrogens (tertiary/aromatic N) is 4. The normalized spacial score (nSPS) is 21.9. The Hall–Kier alpha value is -2.16. The van der Waals surface area contributed by atoms with E-state index in [0.29, 0.717) is 6.54 Å². The molecule has 2 amide bonds. The number of amides is 2. The van der Waals surface area contributed by atoms with Crippen LogP contribution in [-0.4, -0.2) is 67.9 Å². The van der Waals surface area contributed by atoms with Gasteiger partial charge < -0.3 is 19.2 Å². The summed E-state index contributed by atoms with van der Waals surface area (Å²) in [6, 6.07) is -0.883. The molecule has 1 fully saturated rings. The number of aromatic nitrogens is 2. The predicted octanol–water partition coefficient (Wildman–Crippen LogP) is 2.13. The van der Waals surface area contributed by atoms with Crippen molar-refractivity contribution in [3.63, 3.8) is 0 Å². The summed E-state index contributed by atoms with van der Waals surface area (Å²) in [6.45, 7) is 9.16. The molecule has 0 aliphatic carbocycles. The first-order valence-corrected chi connectivity index (χ1v) is 9.33. The molecule has 1 aliphatic rings. The van der Waals surface area contributed by atoms with E-state index in [4.69, 9.17) is 9.15 Å². The summed E-state index contributed by atoms with van der Waals surface area (Å²) in [7, 11) is 0. The second-order valence-electron chi connectivity index (χ2n) is 8.00. The largest absolute Gasteiger partial charge is 0.444 e.